The third-order valence-electron chi connectivity index (χ3n) is 1.94. The average Bonchev–Trinajstić information content (AvgIpc) is 2.00. The van der Waals surface area contributed by atoms with Crippen molar-refractivity contribution in [1.29, 1.82) is 0 Å². The maximum Gasteiger partial charge on any atom is 0.223 e. The number of hydrogen-bond acceptors (Lipinski definition) is 3. The molecule has 2 atom stereocenters. The normalized spacial score (nSPS) is 60.8. The molecule has 0 spiro atoms. The van der Waals surface area contributed by atoms with Gasteiger partial charge in [0.2, 0.25) is 11.6 Å². The Labute approximate surface area is 46.9 Å². The minimum absolute atomic E-state index is 0.587. The van der Waals surface area contributed by atoms with Gasteiger partial charge in [-0.2, -0.15) is 0 Å². The number of epoxide rings is 1. The van der Waals surface area contributed by atoms with E-state index in [1.807, 2.05) is 0 Å². The number of aliphatic hydroxyl groups is 2. The largest absolute Gasteiger partial charge is 0.361 e. The molecule has 1 saturated carbocycles. The first-order valence-electron chi connectivity index (χ1n) is 2.81. The highest BCUT2D eigenvalue weighted by Gasteiger charge is 2.72. The summed E-state index contributed by atoms with van der Waals surface area (Å²) in [5.74, 6) is -2.29. The number of hydrogen-bond donors (Lipinski definition) is 2. The molecule has 2 fully saturated rings. The average molecular weight is 116 g/mol. The molecule has 0 aromatic carbocycles. The molecular weight excluding hydrogens is 108 g/mol. The summed E-state index contributed by atoms with van der Waals surface area (Å²) in [5.41, 5.74) is 0. The summed E-state index contributed by atoms with van der Waals surface area (Å²) in [7, 11) is 0. The van der Waals surface area contributed by atoms with Crippen LogP contribution in [-0.2, 0) is 4.74 Å². The van der Waals surface area contributed by atoms with Gasteiger partial charge in [-0.3, -0.25) is 0 Å². The van der Waals surface area contributed by atoms with Gasteiger partial charge >= 0.3 is 0 Å². The molecule has 2 N–H and O–H groups in total. The Morgan fingerprint density at radius 2 is 1.62 bits per heavy atom. The van der Waals surface area contributed by atoms with Crippen LogP contribution in [0, 0.1) is 0 Å². The zero-order valence-electron chi connectivity index (χ0n) is 4.42. The van der Waals surface area contributed by atoms with Crippen molar-refractivity contribution in [2.45, 2.75) is 30.8 Å². The summed E-state index contributed by atoms with van der Waals surface area (Å²) in [6.07, 6.45) is 2.04. The highest BCUT2D eigenvalue weighted by molar-refractivity contribution is 5.05. The Hall–Kier alpha value is -0.120. The number of rotatable bonds is 0. The van der Waals surface area contributed by atoms with Crippen molar-refractivity contribution in [3.8, 4) is 0 Å². The van der Waals surface area contributed by atoms with Crippen LogP contribution in [0.3, 0.4) is 0 Å². The third kappa shape index (κ3) is 0.321. The van der Waals surface area contributed by atoms with E-state index in [-0.39, 0.29) is 0 Å². The van der Waals surface area contributed by atoms with Crippen LogP contribution in [0.2, 0.25) is 0 Å². The lowest BCUT2D eigenvalue weighted by Gasteiger charge is -1.93. The van der Waals surface area contributed by atoms with Crippen molar-refractivity contribution in [1.82, 2.24) is 0 Å². The Morgan fingerprint density at radius 1 is 1.12 bits per heavy atom. The summed E-state index contributed by atoms with van der Waals surface area (Å²) in [6.45, 7) is 0. The quantitative estimate of drug-likeness (QED) is 0.422. The fraction of sp³-hybridized carbons (Fsp3) is 1.00. The van der Waals surface area contributed by atoms with E-state index in [1.54, 1.807) is 0 Å². The lowest BCUT2D eigenvalue weighted by molar-refractivity contribution is 0.0200. The van der Waals surface area contributed by atoms with Crippen LogP contribution in [-0.4, -0.2) is 21.8 Å². The molecule has 2 rings (SSSR count). The Kier molecular flexibility index (Phi) is 0.558. The van der Waals surface area contributed by atoms with Crippen molar-refractivity contribution in [2.24, 2.45) is 0 Å². The molecule has 1 heterocycles. The fourth-order valence-corrected chi connectivity index (χ4v) is 1.31. The van der Waals surface area contributed by atoms with Gasteiger partial charge in [0.1, 0.15) is 0 Å². The van der Waals surface area contributed by atoms with E-state index in [0.29, 0.717) is 12.8 Å². The predicted octanol–water partition coefficient (Wildman–Crippen LogP) is -0.422. The molecule has 1 saturated heterocycles. The van der Waals surface area contributed by atoms with E-state index in [4.69, 9.17) is 10.2 Å². The maximum absolute atomic E-state index is 9.06. The third-order valence-corrected chi connectivity index (χ3v) is 1.94. The van der Waals surface area contributed by atoms with E-state index in [9.17, 15) is 0 Å². The molecule has 0 radical (unpaired) electrons. The fourth-order valence-electron chi connectivity index (χ4n) is 1.31. The van der Waals surface area contributed by atoms with Crippen molar-refractivity contribution in [3.63, 3.8) is 0 Å². The minimum Gasteiger partial charge on any atom is -0.361 e. The molecular formula is C5H8O3. The molecule has 2 unspecified atom stereocenters. The Bertz CT molecular complexity index is 114. The van der Waals surface area contributed by atoms with Gasteiger partial charge in [0, 0.05) is 12.8 Å². The smallest absolute Gasteiger partial charge is 0.223 e. The first-order chi connectivity index (χ1) is 3.66. The molecule has 8 heavy (non-hydrogen) atoms. The molecule has 0 bridgehead atoms. The van der Waals surface area contributed by atoms with E-state index < -0.39 is 11.6 Å². The van der Waals surface area contributed by atoms with E-state index in [1.165, 1.54) is 0 Å². The van der Waals surface area contributed by atoms with Crippen LogP contribution in [0.25, 0.3) is 0 Å². The topological polar surface area (TPSA) is 53.0 Å². The van der Waals surface area contributed by atoms with Gasteiger partial charge in [-0.1, -0.05) is 0 Å². The standard InChI is InChI=1S/C5H8O3/c6-4-2-1-3-5(4,7)8-4/h6-7H,1-3H2. The summed E-state index contributed by atoms with van der Waals surface area (Å²) < 4.78 is 4.64. The first kappa shape index (κ1) is 4.73. The molecule has 2 aliphatic rings. The van der Waals surface area contributed by atoms with Gasteiger partial charge in [0.15, 0.2) is 0 Å². The van der Waals surface area contributed by atoms with E-state index in [2.05, 4.69) is 4.74 Å². The number of fused-ring (bicyclic) bond motifs is 1. The minimum atomic E-state index is -1.15. The predicted molar refractivity (Wildman–Crippen MR) is 24.8 cm³/mol. The monoisotopic (exact) mass is 116 g/mol. The SMILES string of the molecule is OC12CCCC1(O)O2. The summed E-state index contributed by atoms with van der Waals surface area (Å²) in [4.78, 5) is 0. The molecule has 0 amide bonds. The van der Waals surface area contributed by atoms with Crippen molar-refractivity contribution >= 4 is 0 Å². The lowest BCUT2D eigenvalue weighted by Crippen LogP contribution is -2.17. The van der Waals surface area contributed by atoms with Gasteiger partial charge in [0.05, 0.1) is 0 Å². The summed E-state index contributed by atoms with van der Waals surface area (Å²) in [6, 6.07) is 0. The molecule has 1 aliphatic carbocycles. The van der Waals surface area contributed by atoms with Crippen molar-refractivity contribution in [2.75, 3.05) is 0 Å². The van der Waals surface area contributed by atoms with Crippen LogP contribution in [0.1, 0.15) is 19.3 Å². The first-order valence-corrected chi connectivity index (χ1v) is 2.81. The Morgan fingerprint density at radius 3 is 1.75 bits per heavy atom. The second-order valence-electron chi connectivity index (χ2n) is 2.52. The molecule has 1 aliphatic heterocycles. The van der Waals surface area contributed by atoms with E-state index >= 15 is 0 Å². The summed E-state index contributed by atoms with van der Waals surface area (Å²) in [5, 5.41) is 18.1. The number of ether oxygens (including phenoxy) is 1. The van der Waals surface area contributed by atoms with E-state index in [0.717, 1.165) is 6.42 Å². The van der Waals surface area contributed by atoms with Crippen molar-refractivity contribution < 1.29 is 14.9 Å². The molecule has 0 aromatic rings. The van der Waals surface area contributed by atoms with Gasteiger partial charge in [-0.15, -0.1) is 0 Å². The van der Waals surface area contributed by atoms with Crippen molar-refractivity contribution in [3.05, 3.63) is 0 Å². The zero-order valence-corrected chi connectivity index (χ0v) is 4.42. The molecule has 46 valence electrons. The van der Waals surface area contributed by atoms with Crippen LogP contribution < -0.4 is 0 Å². The van der Waals surface area contributed by atoms with Crippen LogP contribution in [0.15, 0.2) is 0 Å². The lowest BCUT2D eigenvalue weighted by atomic mass is 10.3. The highest BCUT2D eigenvalue weighted by atomic mass is 16.8. The van der Waals surface area contributed by atoms with Crippen LogP contribution in [0.4, 0.5) is 0 Å². The van der Waals surface area contributed by atoms with Gasteiger partial charge in [0.25, 0.3) is 0 Å². The van der Waals surface area contributed by atoms with Gasteiger partial charge in [-0.25, -0.2) is 0 Å². The second kappa shape index (κ2) is 0.943. The molecule has 0 aromatic heterocycles. The maximum atomic E-state index is 9.06. The van der Waals surface area contributed by atoms with Crippen LogP contribution >= 0.6 is 0 Å². The molecule has 3 nitrogen and oxygen atoms in total. The van der Waals surface area contributed by atoms with Gasteiger partial charge in [-0.05, 0) is 6.42 Å². The zero-order chi connectivity index (χ0) is 5.83. The highest BCUT2D eigenvalue weighted by Crippen LogP contribution is 2.55. The molecule has 3 heteroatoms. The van der Waals surface area contributed by atoms with Crippen LogP contribution in [0.5, 0.6) is 0 Å². The van der Waals surface area contributed by atoms with Gasteiger partial charge < -0.3 is 14.9 Å². The Balaban J connectivity index is 2.26. The summed E-state index contributed by atoms with van der Waals surface area (Å²) >= 11 is 0. The second-order valence-corrected chi connectivity index (χ2v) is 2.52.